The molecule has 1 aromatic heterocycles. The quantitative estimate of drug-likeness (QED) is 0.583. The van der Waals surface area contributed by atoms with Crippen LogP contribution in [0.2, 0.25) is 0 Å². The number of hydrogen-bond donors (Lipinski definition) is 2. The third-order valence-corrected chi connectivity index (χ3v) is 3.80. The normalized spacial score (nSPS) is 24.3. The highest BCUT2D eigenvalue weighted by Gasteiger charge is 2.25. The molecule has 0 saturated carbocycles. The maximum atomic E-state index is 5.66. The molecule has 0 spiro atoms. The highest BCUT2D eigenvalue weighted by Crippen LogP contribution is 2.14. The van der Waals surface area contributed by atoms with Gasteiger partial charge in [-0.05, 0) is 32.6 Å². The predicted octanol–water partition coefficient (Wildman–Crippen LogP) is 0.290. The number of nitrogens with zero attached hydrogens (tertiary/aromatic N) is 2. The molecule has 5 heteroatoms. The van der Waals surface area contributed by atoms with E-state index in [2.05, 4.69) is 29.3 Å². The van der Waals surface area contributed by atoms with E-state index in [0.717, 1.165) is 38.2 Å². The van der Waals surface area contributed by atoms with Crippen LogP contribution < -0.4 is 11.3 Å². The Morgan fingerprint density at radius 3 is 3.00 bits per heavy atom. The molecular weight excluding hydrogens is 228 g/mol. The number of rotatable bonds is 5. The molecule has 102 valence electrons. The van der Waals surface area contributed by atoms with Crippen molar-refractivity contribution in [3.63, 3.8) is 0 Å². The molecule has 2 atom stereocenters. The number of hydrazine groups is 1. The van der Waals surface area contributed by atoms with Crippen LogP contribution in [0.15, 0.2) is 22.8 Å². The lowest BCUT2D eigenvalue weighted by molar-refractivity contribution is 0.100. The van der Waals surface area contributed by atoms with Gasteiger partial charge >= 0.3 is 0 Å². The third kappa shape index (κ3) is 3.55. The summed E-state index contributed by atoms with van der Waals surface area (Å²) in [5.74, 6) is 6.65. The molecule has 1 saturated heterocycles. The summed E-state index contributed by atoms with van der Waals surface area (Å²) in [6.07, 6.45) is 3.60. The number of likely N-dealkylation sites (N-methyl/N-ethyl adjacent to an activating group) is 2. The fourth-order valence-electron chi connectivity index (χ4n) is 2.57. The van der Waals surface area contributed by atoms with E-state index in [0.29, 0.717) is 6.04 Å². The summed E-state index contributed by atoms with van der Waals surface area (Å²) in [5, 5.41) is 0. The summed E-state index contributed by atoms with van der Waals surface area (Å²) in [6.45, 7) is 3.37. The second-order valence-corrected chi connectivity index (χ2v) is 5.28. The molecule has 0 radical (unpaired) electrons. The Labute approximate surface area is 109 Å². The molecular formula is C13H24N4O. The minimum atomic E-state index is 0.259. The molecule has 1 aliphatic rings. The van der Waals surface area contributed by atoms with Crippen LogP contribution in [0.25, 0.3) is 0 Å². The summed E-state index contributed by atoms with van der Waals surface area (Å²) in [4.78, 5) is 4.80. The van der Waals surface area contributed by atoms with E-state index in [4.69, 9.17) is 10.3 Å². The van der Waals surface area contributed by atoms with E-state index >= 15 is 0 Å². The number of nitrogens with one attached hydrogen (secondary N) is 1. The van der Waals surface area contributed by atoms with Gasteiger partial charge in [0.15, 0.2) is 0 Å². The molecule has 1 fully saturated rings. The Morgan fingerprint density at radius 2 is 2.33 bits per heavy atom. The molecule has 1 aromatic rings. The first-order chi connectivity index (χ1) is 8.69. The Bertz CT molecular complexity index is 341. The van der Waals surface area contributed by atoms with E-state index < -0.39 is 0 Å². The average Bonchev–Trinajstić information content (AvgIpc) is 2.85. The highest BCUT2D eigenvalue weighted by molar-refractivity contribution is 5.01. The van der Waals surface area contributed by atoms with E-state index in [9.17, 15) is 0 Å². The predicted molar refractivity (Wildman–Crippen MR) is 72.1 cm³/mol. The van der Waals surface area contributed by atoms with Gasteiger partial charge < -0.3 is 14.2 Å². The molecule has 5 nitrogen and oxygen atoms in total. The lowest BCUT2D eigenvalue weighted by atomic mass is 10.0. The van der Waals surface area contributed by atoms with Crippen molar-refractivity contribution in [2.75, 3.05) is 33.7 Å². The molecule has 2 heterocycles. The summed E-state index contributed by atoms with van der Waals surface area (Å²) in [7, 11) is 4.37. The average molecular weight is 252 g/mol. The summed E-state index contributed by atoms with van der Waals surface area (Å²) >= 11 is 0. The van der Waals surface area contributed by atoms with Crippen LogP contribution >= 0.6 is 0 Å². The number of piperazine rings is 1. The second-order valence-electron chi connectivity index (χ2n) is 5.28. The fourth-order valence-corrected chi connectivity index (χ4v) is 2.57. The highest BCUT2D eigenvalue weighted by atomic mass is 16.3. The van der Waals surface area contributed by atoms with Gasteiger partial charge in [-0.15, -0.1) is 0 Å². The van der Waals surface area contributed by atoms with Gasteiger partial charge in [-0.3, -0.25) is 11.3 Å². The summed E-state index contributed by atoms with van der Waals surface area (Å²) < 4.78 is 5.38. The van der Waals surface area contributed by atoms with Crippen LogP contribution in [0.3, 0.4) is 0 Å². The Morgan fingerprint density at radius 1 is 1.50 bits per heavy atom. The third-order valence-electron chi connectivity index (χ3n) is 3.80. The Balaban J connectivity index is 1.88. The molecule has 2 unspecified atom stereocenters. The SMILES string of the molecule is CN1CCN(C)C(CC(Cc2ccco2)NN)C1. The first kappa shape index (κ1) is 13.5. The maximum absolute atomic E-state index is 5.66. The largest absolute Gasteiger partial charge is 0.469 e. The van der Waals surface area contributed by atoms with Gasteiger partial charge in [0, 0.05) is 38.1 Å². The fraction of sp³-hybridized carbons (Fsp3) is 0.692. The minimum Gasteiger partial charge on any atom is -0.469 e. The van der Waals surface area contributed by atoms with Crippen LogP contribution in [0.5, 0.6) is 0 Å². The topological polar surface area (TPSA) is 57.7 Å². The minimum absolute atomic E-state index is 0.259. The zero-order valence-corrected chi connectivity index (χ0v) is 11.3. The van der Waals surface area contributed by atoms with E-state index in [1.54, 1.807) is 6.26 Å². The number of hydrogen-bond acceptors (Lipinski definition) is 5. The van der Waals surface area contributed by atoms with Crippen molar-refractivity contribution in [2.45, 2.75) is 24.9 Å². The number of nitrogens with two attached hydrogens (primary N) is 1. The van der Waals surface area contributed by atoms with Crippen LogP contribution in [-0.4, -0.2) is 55.6 Å². The first-order valence-corrected chi connectivity index (χ1v) is 6.56. The Hall–Kier alpha value is -0.880. The molecule has 2 rings (SSSR count). The van der Waals surface area contributed by atoms with Crippen LogP contribution in [-0.2, 0) is 6.42 Å². The van der Waals surface area contributed by atoms with Crippen LogP contribution in [0.1, 0.15) is 12.2 Å². The summed E-state index contributed by atoms with van der Waals surface area (Å²) in [5.41, 5.74) is 2.92. The van der Waals surface area contributed by atoms with Gasteiger partial charge in [-0.2, -0.15) is 0 Å². The maximum Gasteiger partial charge on any atom is 0.105 e. The van der Waals surface area contributed by atoms with Crippen LogP contribution in [0, 0.1) is 0 Å². The lowest BCUT2D eigenvalue weighted by Gasteiger charge is -2.39. The zero-order valence-electron chi connectivity index (χ0n) is 11.3. The molecule has 1 aliphatic heterocycles. The van der Waals surface area contributed by atoms with Gasteiger partial charge in [0.1, 0.15) is 5.76 Å². The summed E-state index contributed by atoms with van der Waals surface area (Å²) in [6, 6.07) is 4.74. The molecule has 0 amide bonds. The lowest BCUT2D eigenvalue weighted by Crippen LogP contribution is -2.53. The van der Waals surface area contributed by atoms with Crippen molar-refractivity contribution in [3.8, 4) is 0 Å². The molecule has 0 aliphatic carbocycles. The van der Waals surface area contributed by atoms with Crippen molar-refractivity contribution < 1.29 is 4.42 Å². The van der Waals surface area contributed by atoms with E-state index in [1.165, 1.54) is 0 Å². The van der Waals surface area contributed by atoms with E-state index in [1.807, 2.05) is 12.1 Å². The molecule has 3 N–H and O–H groups in total. The van der Waals surface area contributed by atoms with Crippen molar-refractivity contribution in [1.29, 1.82) is 0 Å². The second kappa shape index (κ2) is 6.33. The Kier molecular flexibility index (Phi) is 4.77. The van der Waals surface area contributed by atoms with Gasteiger partial charge in [-0.25, -0.2) is 0 Å². The molecule has 0 aromatic carbocycles. The van der Waals surface area contributed by atoms with Crippen molar-refractivity contribution in [1.82, 2.24) is 15.2 Å². The van der Waals surface area contributed by atoms with Gasteiger partial charge in [-0.1, -0.05) is 0 Å². The van der Waals surface area contributed by atoms with Gasteiger partial charge in [0.05, 0.1) is 6.26 Å². The van der Waals surface area contributed by atoms with Crippen molar-refractivity contribution in [2.24, 2.45) is 5.84 Å². The molecule has 0 bridgehead atoms. The van der Waals surface area contributed by atoms with Crippen molar-refractivity contribution >= 4 is 0 Å². The molecule has 18 heavy (non-hydrogen) atoms. The first-order valence-electron chi connectivity index (χ1n) is 6.56. The van der Waals surface area contributed by atoms with Gasteiger partial charge in [0.2, 0.25) is 0 Å². The smallest absolute Gasteiger partial charge is 0.105 e. The van der Waals surface area contributed by atoms with Crippen LogP contribution in [0.4, 0.5) is 0 Å². The zero-order chi connectivity index (χ0) is 13.0. The van der Waals surface area contributed by atoms with Gasteiger partial charge in [0.25, 0.3) is 0 Å². The number of furan rings is 1. The monoisotopic (exact) mass is 252 g/mol. The standard InChI is InChI=1S/C13H24N4O/c1-16-5-6-17(2)12(10-16)8-11(15-14)9-13-4-3-7-18-13/h3-4,7,11-12,15H,5-6,8-10,14H2,1-2H3. The van der Waals surface area contributed by atoms with E-state index in [-0.39, 0.29) is 6.04 Å². The van der Waals surface area contributed by atoms with Crippen molar-refractivity contribution in [3.05, 3.63) is 24.2 Å².